The molecule has 1 saturated heterocycles. The van der Waals surface area contributed by atoms with Crippen LogP contribution in [0.25, 0.3) is 0 Å². The molecule has 0 bridgehead atoms. The molecule has 2 atom stereocenters. The zero-order valence-corrected chi connectivity index (χ0v) is 10.7. The molecule has 1 heterocycles. The molecular formula is C10H18N3NaO4S. The Bertz CT molecular complexity index is 356. The number of carboxylic acids is 1. The quantitative estimate of drug-likeness (QED) is 0.339. The molecule has 0 aromatic carbocycles. The van der Waals surface area contributed by atoms with Crippen LogP contribution < -0.4 is 11.1 Å². The Morgan fingerprint density at radius 1 is 1.47 bits per heavy atom. The fraction of sp³-hybridized carbons (Fsp3) is 0.700. The maximum atomic E-state index is 11.9. The molecule has 9 heteroatoms. The van der Waals surface area contributed by atoms with Gasteiger partial charge in [-0.2, -0.15) is 12.6 Å². The number of carbonyl (C=O) groups excluding carboxylic acids is 2. The van der Waals surface area contributed by atoms with Crippen molar-refractivity contribution >= 4 is 60.0 Å². The molecule has 0 aromatic heterocycles. The number of thiol groups is 1. The number of carbonyl (C=O) groups is 3. The second-order valence-corrected chi connectivity index (χ2v) is 4.40. The Hall–Kier alpha value is -0.280. The van der Waals surface area contributed by atoms with Gasteiger partial charge in [-0.25, -0.2) is 4.79 Å². The van der Waals surface area contributed by atoms with E-state index in [0.29, 0.717) is 19.4 Å². The van der Waals surface area contributed by atoms with Crippen LogP contribution in [-0.2, 0) is 14.4 Å². The van der Waals surface area contributed by atoms with Crippen LogP contribution in [0.2, 0.25) is 0 Å². The van der Waals surface area contributed by atoms with Crippen molar-refractivity contribution in [3.05, 3.63) is 0 Å². The monoisotopic (exact) mass is 299 g/mol. The maximum absolute atomic E-state index is 11.9. The summed E-state index contributed by atoms with van der Waals surface area (Å²) in [6, 6.07) is -1.67. The summed E-state index contributed by atoms with van der Waals surface area (Å²) in [6.45, 7) is 0.325. The average Bonchev–Trinajstić information content (AvgIpc) is 2.83. The molecule has 0 aromatic rings. The number of nitrogens with zero attached hydrogens (tertiary/aromatic N) is 1. The van der Waals surface area contributed by atoms with Crippen LogP contribution in [0.3, 0.4) is 0 Å². The fourth-order valence-electron chi connectivity index (χ4n) is 1.91. The first kappa shape index (κ1) is 18.7. The number of hydrogen-bond donors (Lipinski definition) is 4. The average molecular weight is 299 g/mol. The molecule has 7 nitrogen and oxygen atoms in total. The van der Waals surface area contributed by atoms with E-state index in [1.54, 1.807) is 0 Å². The summed E-state index contributed by atoms with van der Waals surface area (Å²) < 4.78 is 0. The van der Waals surface area contributed by atoms with Crippen LogP contribution in [0.15, 0.2) is 0 Å². The molecule has 1 fully saturated rings. The van der Waals surface area contributed by atoms with E-state index in [4.69, 9.17) is 10.8 Å². The summed E-state index contributed by atoms with van der Waals surface area (Å²) in [4.78, 5) is 35.6. The third kappa shape index (κ3) is 4.96. The molecule has 0 unspecified atom stereocenters. The van der Waals surface area contributed by atoms with Crippen LogP contribution in [0.1, 0.15) is 12.8 Å². The molecule has 19 heavy (non-hydrogen) atoms. The summed E-state index contributed by atoms with van der Waals surface area (Å²) in [6.07, 6.45) is 1.24. The molecule has 0 radical (unpaired) electrons. The van der Waals surface area contributed by atoms with E-state index in [2.05, 4.69) is 17.9 Å². The van der Waals surface area contributed by atoms with Gasteiger partial charge in [0.2, 0.25) is 11.8 Å². The standard InChI is InChI=1S/C10H17N3O4S.Na.H/c11-4-8(14)13-3-1-2-7(13)9(15)12-6(5-18)10(16)17;;/h6-7,18H,1-5,11H2,(H,12,15)(H,16,17);;/t6-,7-;;/m0../s1. The Morgan fingerprint density at radius 2 is 2.11 bits per heavy atom. The molecule has 2 amide bonds. The minimum absolute atomic E-state index is 0. The number of likely N-dealkylation sites (tertiary alicyclic amines) is 1. The van der Waals surface area contributed by atoms with E-state index < -0.39 is 24.0 Å². The molecule has 0 saturated carbocycles. The Kier molecular flexibility index (Phi) is 8.67. The van der Waals surface area contributed by atoms with Crippen molar-refractivity contribution in [3.63, 3.8) is 0 Å². The molecular weight excluding hydrogens is 281 g/mol. The van der Waals surface area contributed by atoms with E-state index in [1.807, 2.05) is 0 Å². The molecule has 0 spiro atoms. The predicted molar refractivity (Wildman–Crippen MR) is 74.4 cm³/mol. The van der Waals surface area contributed by atoms with Crippen molar-refractivity contribution in [3.8, 4) is 0 Å². The third-order valence-corrected chi connectivity index (χ3v) is 3.21. The number of hydrogen-bond acceptors (Lipinski definition) is 5. The number of nitrogens with one attached hydrogen (secondary N) is 1. The number of carboxylic acid groups (broad SMARTS) is 1. The summed E-state index contributed by atoms with van der Waals surface area (Å²) in [7, 11) is 0. The first-order chi connectivity index (χ1) is 8.51. The van der Waals surface area contributed by atoms with Crippen LogP contribution in [0.5, 0.6) is 0 Å². The zero-order valence-electron chi connectivity index (χ0n) is 9.83. The van der Waals surface area contributed by atoms with Gasteiger partial charge in [0.25, 0.3) is 0 Å². The van der Waals surface area contributed by atoms with E-state index in [1.165, 1.54) is 4.90 Å². The second-order valence-electron chi connectivity index (χ2n) is 4.03. The van der Waals surface area contributed by atoms with Gasteiger partial charge in [0.05, 0.1) is 6.54 Å². The van der Waals surface area contributed by atoms with Gasteiger partial charge < -0.3 is 21.1 Å². The SMILES string of the molecule is NCC(=O)N1CCC[C@H]1C(=O)N[C@@H](CS)C(=O)O.[NaH]. The van der Waals surface area contributed by atoms with Crippen molar-refractivity contribution in [1.29, 1.82) is 0 Å². The molecule has 1 aliphatic heterocycles. The zero-order chi connectivity index (χ0) is 13.7. The van der Waals surface area contributed by atoms with Crippen LogP contribution in [0.4, 0.5) is 0 Å². The number of amides is 2. The van der Waals surface area contributed by atoms with Crippen molar-refractivity contribution in [2.75, 3.05) is 18.8 Å². The van der Waals surface area contributed by atoms with E-state index in [0.717, 1.165) is 0 Å². The van der Waals surface area contributed by atoms with Gasteiger partial charge in [-0.3, -0.25) is 9.59 Å². The number of rotatable bonds is 5. The summed E-state index contributed by atoms with van der Waals surface area (Å²) in [5.41, 5.74) is 5.26. The van der Waals surface area contributed by atoms with E-state index >= 15 is 0 Å². The Morgan fingerprint density at radius 3 is 2.58 bits per heavy atom. The van der Waals surface area contributed by atoms with Crippen molar-refractivity contribution in [2.24, 2.45) is 5.73 Å². The predicted octanol–water partition coefficient (Wildman–Crippen LogP) is -2.21. The van der Waals surface area contributed by atoms with Crippen molar-refractivity contribution < 1.29 is 19.5 Å². The molecule has 4 N–H and O–H groups in total. The molecule has 104 valence electrons. The Labute approximate surface area is 139 Å². The van der Waals surface area contributed by atoms with Crippen molar-refractivity contribution in [1.82, 2.24) is 10.2 Å². The molecule has 1 rings (SSSR count). The summed E-state index contributed by atoms with van der Waals surface area (Å²) >= 11 is 3.86. The van der Waals surface area contributed by atoms with Crippen LogP contribution >= 0.6 is 12.6 Å². The second kappa shape index (κ2) is 8.80. The normalized spacial score (nSPS) is 19.5. The Balaban J connectivity index is 0.00000324. The van der Waals surface area contributed by atoms with E-state index in [-0.39, 0.29) is 47.8 Å². The van der Waals surface area contributed by atoms with Gasteiger partial charge in [0.1, 0.15) is 12.1 Å². The molecule has 1 aliphatic rings. The van der Waals surface area contributed by atoms with Gasteiger partial charge >= 0.3 is 35.5 Å². The fourth-order valence-corrected chi connectivity index (χ4v) is 2.16. The van der Waals surface area contributed by atoms with Crippen LogP contribution in [-0.4, -0.2) is 88.3 Å². The minimum atomic E-state index is -1.15. The van der Waals surface area contributed by atoms with Gasteiger partial charge in [-0.1, -0.05) is 0 Å². The number of nitrogens with two attached hydrogens (primary N) is 1. The first-order valence-electron chi connectivity index (χ1n) is 5.64. The summed E-state index contributed by atoms with van der Waals surface area (Å²) in [5.74, 6) is -1.91. The third-order valence-electron chi connectivity index (χ3n) is 2.85. The van der Waals surface area contributed by atoms with Crippen molar-refractivity contribution in [2.45, 2.75) is 24.9 Å². The molecule has 0 aliphatic carbocycles. The first-order valence-corrected chi connectivity index (χ1v) is 6.28. The van der Waals surface area contributed by atoms with E-state index in [9.17, 15) is 14.4 Å². The topological polar surface area (TPSA) is 113 Å². The van der Waals surface area contributed by atoms with Gasteiger partial charge in [0, 0.05) is 12.3 Å². The summed E-state index contributed by atoms with van der Waals surface area (Å²) in [5, 5.41) is 11.2. The number of aliphatic carboxylic acids is 1. The van der Waals surface area contributed by atoms with Crippen LogP contribution in [0, 0.1) is 0 Å². The van der Waals surface area contributed by atoms with Gasteiger partial charge in [0.15, 0.2) is 0 Å². The van der Waals surface area contributed by atoms with Gasteiger partial charge in [-0.15, -0.1) is 0 Å². The van der Waals surface area contributed by atoms with Gasteiger partial charge in [-0.05, 0) is 12.8 Å².